The predicted molar refractivity (Wildman–Crippen MR) is 119 cm³/mol. The van der Waals surface area contributed by atoms with Crippen molar-refractivity contribution in [1.82, 2.24) is 9.47 Å². The Balaban J connectivity index is 1.44. The van der Waals surface area contributed by atoms with Crippen molar-refractivity contribution >= 4 is 11.6 Å². The largest absolute Gasteiger partial charge is 0.370 e. The Hall–Kier alpha value is -3.52. The van der Waals surface area contributed by atoms with Crippen molar-refractivity contribution in [3.05, 3.63) is 83.2 Å². The number of rotatable bonds is 3. The molecule has 4 rings (SSSR count). The number of aryl methyl sites for hydroxylation is 2. The van der Waals surface area contributed by atoms with Gasteiger partial charge in [0.15, 0.2) is 0 Å². The Morgan fingerprint density at radius 2 is 1.43 bits per heavy atom. The zero-order valence-electron chi connectivity index (χ0n) is 17.5. The minimum Gasteiger partial charge on any atom is -0.370 e. The Morgan fingerprint density at radius 3 is 2.07 bits per heavy atom. The van der Waals surface area contributed by atoms with Gasteiger partial charge < -0.3 is 14.4 Å². The lowest BCUT2D eigenvalue weighted by Crippen LogP contribution is -2.35. The third-order valence-corrected chi connectivity index (χ3v) is 5.79. The summed E-state index contributed by atoms with van der Waals surface area (Å²) in [5, 5.41) is 8.98. The molecule has 0 spiro atoms. The van der Waals surface area contributed by atoms with E-state index in [4.69, 9.17) is 5.26 Å². The van der Waals surface area contributed by atoms with Crippen LogP contribution in [0.2, 0.25) is 0 Å². The van der Waals surface area contributed by atoms with Crippen LogP contribution in [-0.2, 0) is 0 Å². The van der Waals surface area contributed by atoms with Gasteiger partial charge in [0.05, 0.1) is 11.6 Å². The molecule has 1 aliphatic heterocycles. The molecule has 5 nitrogen and oxygen atoms in total. The fourth-order valence-electron chi connectivity index (χ4n) is 4.14. The standard InChI is InChI=1S/C25H26N4O/c1-19-4-5-20(2)29(19)24-12-8-22(9-13-24)25(30)28-15-3-14-27(16-17-28)23-10-6-21(18-26)7-11-23/h4-13H,3,14-17H2,1-2H3. The number of amides is 1. The lowest BCUT2D eigenvalue weighted by atomic mass is 10.1. The third-order valence-electron chi connectivity index (χ3n) is 5.79. The number of nitrogens with zero attached hydrogens (tertiary/aromatic N) is 4. The first-order valence-electron chi connectivity index (χ1n) is 10.4. The number of nitriles is 1. The van der Waals surface area contributed by atoms with Gasteiger partial charge in [0.1, 0.15) is 0 Å². The molecule has 1 aliphatic rings. The van der Waals surface area contributed by atoms with Gasteiger partial charge >= 0.3 is 0 Å². The van der Waals surface area contributed by atoms with Gasteiger partial charge in [-0.05, 0) is 80.9 Å². The summed E-state index contributed by atoms with van der Waals surface area (Å²) in [5.74, 6) is 0.0872. The van der Waals surface area contributed by atoms with Crippen molar-refractivity contribution in [1.29, 1.82) is 5.26 Å². The van der Waals surface area contributed by atoms with Crippen molar-refractivity contribution in [2.45, 2.75) is 20.3 Å². The Kier molecular flexibility index (Phi) is 5.58. The molecule has 2 aromatic carbocycles. The molecule has 0 N–H and O–H groups in total. The first-order chi connectivity index (χ1) is 14.6. The zero-order chi connectivity index (χ0) is 21.1. The highest BCUT2D eigenvalue weighted by molar-refractivity contribution is 5.94. The molecule has 3 aromatic rings. The SMILES string of the molecule is Cc1ccc(C)n1-c1ccc(C(=O)N2CCCN(c3ccc(C#N)cc3)CC2)cc1. The van der Waals surface area contributed by atoms with E-state index in [1.165, 1.54) is 11.4 Å². The first kappa shape index (κ1) is 19.8. The van der Waals surface area contributed by atoms with E-state index in [9.17, 15) is 4.79 Å². The van der Waals surface area contributed by atoms with E-state index in [2.05, 4.69) is 41.5 Å². The first-order valence-corrected chi connectivity index (χ1v) is 10.4. The normalized spacial score (nSPS) is 14.3. The smallest absolute Gasteiger partial charge is 0.253 e. The number of carbonyl (C=O) groups is 1. The van der Waals surface area contributed by atoms with Crippen LogP contribution >= 0.6 is 0 Å². The van der Waals surface area contributed by atoms with Crippen molar-refractivity contribution in [2.24, 2.45) is 0 Å². The summed E-state index contributed by atoms with van der Waals surface area (Å²) in [5.41, 5.74) is 5.94. The number of aromatic nitrogens is 1. The quantitative estimate of drug-likeness (QED) is 0.660. The molecule has 0 atom stereocenters. The molecule has 0 saturated carbocycles. The van der Waals surface area contributed by atoms with E-state index in [0.717, 1.165) is 43.0 Å². The van der Waals surface area contributed by atoms with Crippen LogP contribution in [0.25, 0.3) is 5.69 Å². The third kappa shape index (κ3) is 3.95. The molecule has 0 unspecified atom stereocenters. The van der Waals surface area contributed by atoms with Crippen LogP contribution in [0.15, 0.2) is 60.7 Å². The van der Waals surface area contributed by atoms with Gasteiger partial charge in [-0.2, -0.15) is 5.26 Å². The van der Waals surface area contributed by atoms with E-state index >= 15 is 0 Å². The lowest BCUT2D eigenvalue weighted by molar-refractivity contribution is 0.0767. The van der Waals surface area contributed by atoms with E-state index in [1.54, 1.807) is 0 Å². The Labute approximate surface area is 177 Å². The van der Waals surface area contributed by atoms with E-state index < -0.39 is 0 Å². The van der Waals surface area contributed by atoms with Gasteiger partial charge in [-0.25, -0.2) is 0 Å². The highest BCUT2D eigenvalue weighted by Crippen LogP contribution is 2.20. The molecule has 30 heavy (non-hydrogen) atoms. The highest BCUT2D eigenvalue weighted by Gasteiger charge is 2.20. The second kappa shape index (κ2) is 8.46. The van der Waals surface area contributed by atoms with Gasteiger partial charge in [-0.1, -0.05) is 0 Å². The summed E-state index contributed by atoms with van der Waals surface area (Å²) >= 11 is 0. The van der Waals surface area contributed by atoms with E-state index in [-0.39, 0.29) is 5.91 Å². The summed E-state index contributed by atoms with van der Waals surface area (Å²) in [4.78, 5) is 17.3. The maximum Gasteiger partial charge on any atom is 0.253 e. The fraction of sp³-hybridized carbons (Fsp3) is 0.280. The maximum atomic E-state index is 13.1. The molecule has 5 heteroatoms. The van der Waals surface area contributed by atoms with E-state index in [1.807, 2.05) is 53.4 Å². The molecule has 0 aliphatic carbocycles. The molecule has 0 bridgehead atoms. The average Bonchev–Trinajstić information content (AvgIpc) is 2.96. The summed E-state index contributed by atoms with van der Waals surface area (Å²) in [6.45, 7) is 7.31. The summed E-state index contributed by atoms with van der Waals surface area (Å²) < 4.78 is 2.19. The molecule has 1 fully saturated rings. The van der Waals surface area contributed by atoms with Crippen LogP contribution in [0.3, 0.4) is 0 Å². The lowest BCUT2D eigenvalue weighted by Gasteiger charge is -2.24. The van der Waals surface area contributed by atoms with Crippen molar-refractivity contribution in [3.8, 4) is 11.8 Å². The summed E-state index contributed by atoms with van der Waals surface area (Å²) in [6.07, 6.45) is 0.922. The van der Waals surface area contributed by atoms with Crippen LogP contribution < -0.4 is 4.90 Å². The molecule has 1 aromatic heterocycles. The Morgan fingerprint density at radius 1 is 0.800 bits per heavy atom. The van der Waals surface area contributed by atoms with Crippen LogP contribution in [0.1, 0.15) is 33.7 Å². The predicted octanol–water partition coefficient (Wildman–Crippen LogP) is 4.32. The second-order valence-electron chi connectivity index (χ2n) is 7.79. The monoisotopic (exact) mass is 398 g/mol. The molecule has 152 valence electrons. The number of benzene rings is 2. The molecule has 0 radical (unpaired) electrons. The highest BCUT2D eigenvalue weighted by atomic mass is 16.2. The zero-order valence-corrected chi connectivity index (χ0v) is 17.5. The van der Waals surface area contributed by atoms with Gasteiger partial charge in [-0.3, -0.25) is 4.79 Å². The average molecular weight is 399 g/mol. The van der Waals surface area contributed by atoms with Gasteiger partial charge in [0.25, 0.3) is 5.91 Å². The summed E-state index contributed by atoms with van der Waals surface area (Å²) in [7, 11) is 0. The number of anilines is 1. The topological polar surface area (TPSA) is 52.3 Å². The second-order valence-corrected chi connectivity index (χ2v) is 7.79. The van der Waals surface area contributed by atoms with Gasteiger partial charge in [0.2, 0.25) is 0 Å². The summed E-state index contributed by atoms with van der Waals surface area (Å²) in [6, 6.07) is 21.9. The number of hydrogen-bond acceptors (Lipinski definition) is 3. The van der Waals surface area contributed by atoms with Crippen LogP contribution in [-0.4, -0.2) is 41.6 Å². The molecule has 2 heterocycles. The van der Waals surface area contributed by atoms with Crippen molar-refractivity contribution in [3.63, 3.8) is 0 Å². The number of carbonyl (C=O) groups excluding carboxylic acids is 1. The van der Waals surface area contributed by atoms with E-state index in [0.29, 0.717) is 12.1 Å². The number of hydrogen-bond donors (Lipinski definition) is 0. The van der Waals surface area contributed by atoms with Crippen LogP contribution in [0.5, 0.6) is 0 Å². The van der Waals surface area contributed by atoms with Gasteiger partial charge in [-0.15, -0.1) is 0 Å². The molecular formula is C25H26N4O. The van der Waals surface area contributed by atoms with Crippen LogP contribution in [0, 0.1) is 25.2 Å². The molecule has 1 saturated heterocycles. The molecule has 1 amide bonds. The minimum atomic E-state index is 0.0872. The fourth-order valence-corrected chi connectivity index (χ4v) is 4.14. The van der Waals surface area contributed by atoms with Crippen molar-refractivity contribution < 1.29 is 4.79 Å². The molecular weight excluding hydrogens is 372 g/mol. The van der Waals surface area contributed by atoms with Crippen LogP contribution in [0.4, 0.5) is 5.69 Å². The maximum absolute atomic E-state index is 13.1. The minimum absolute atomic E-state index is 0.0872. The van der Waals surface area contributed by atoms with Crippen molar-refractivity contribution in [2.75, 3.05) is 31.1 Å². The Bertz CT molecular complexity index is 1050. The van der Waals surface area contributed by atoms with Gasteiger partial charge in [0, 0.05) is 54.5 Å².